The van der Waals surface area contributed by atoms with Crippen LogP contribution in [0.4, 0.5) is 0 Å². The third-order valence-electron chi connectivity index (χ3n) is 0.471. The number of hydrogen-bond donors (Lipinski definition) is 2. The van der Waals surface area contributed by atoms with E-state index in [2.05, 4.69) is 4.74 Å². The van der Waals surface area contributed by atoms with Crippen LogP contribution in [0.2, 0.25) is 0 Å². The summed E-state index contributed by atoms with van der Waals surface area (Å²) in [5.74, 6) is 0. The standard InChI is InChI=1S/C4H10O3.H4Si/c5-1-3-7-4-2-6;/h5-6H,1-4H2;1H4. The highest BCUT2D eigenvalue weighted by atomic mass is 28.1. The van der Waals surface area contributed by atoms with Crippen molar-refractivity contribution in [2.45, 2.75) is 0 Å². The van der Waals surface area contributed by atoms with Gasteiger partial charge in [0.05, 0.1) is 26.4 Å². The molecule has 0 aromatic heterocycles. The van der Waals surface area contributed by atoms with Crippen LogP contribution in [-0.4, -0.2) is 47.6 Å². The zero-order valence-electron chi connectivity index (χ0n) is 4.13. The third-order valence-corrected chi connectivity index (χ3v) is 0.471. The van der Waals surface area contributed by atoms with E-state index >= 15 is 0 Å². The highest BCUT2D eigenvalue weighted by molar-refractivity contribution is 5.75. The minimum atomic E-state index is 0. The van der Waals surface area contributed by atoms with Crippen molar-refractivity contribution in [1.29, 1.82) is 0 Å². The van der Waals surface area contributed by atoms with Crippen molar-refractivity contribution in [2.24, 2.45) is 0 Å². The Labute approximate surface area is 53.3 Å². The molecule has 8 heavy (non-hydrogen) atoms. The fourth-order valence-corrected chi connectivity index (χ4v) is 0.231. The zero-order valence-corrected chi connectivity index (χ0v) is 4.13. The summed E-state index contributed by atoms with van der Waals surface area (Å²) < 4.78 is 4.63. The van der Waals surface area contributed by atoms with Crippen molar-refractivity contribution in [3.63, 3.8) is 0 Å². The van der Waals surface area contributed by atoms with Gasteiger partial charge in [0.25, 0.3) is 0 Å². The smallest absolute Gasteiger partial charge is 0.0698 e. The molecular weight excluding hydrogens is 124 g/mol. The molecule has 0 radical (unpaired) electrons. The van der Waals surface area contributed by atoms with Crippen LogP contribution in [0.3, 0.4) is 0 Å². The minimum absolute atomic E-state index is 0. The molecule has 2 N–H and O–H groups in total. The molecule has 0 spiro atoms. The second-order valence-corrected chi connectivity index (χ2v) is 1.06. The Morgan fingerprint density at radius 3 is 1.62 bits per heavy atom. The van der Waals surface area contributed by atoms with Crippen LogP contribution in [0.15, 0.2) is 0 Å². The minimum Gasteiger partial charge on any atom is -0.394 e. The Kier molecular flexibility index (Phi) is 13.9. The number of aliphatic hydroxyl groups excluding tert-OH is 2. The summed E-state index contributed by atoms with van der Waals surface area (Å²) in [6.45, 7) is 0.696. The van der Waals surface area contributed by atoms with Gasteiger partial charge >= 0.3 is 0 Å². The Bertz CT molecular complexity index is 30.5. The zero-order chi connectivity index (χ0) is 5.54. The van der Waals surface area contributed by atoms with Crippen molar-refractivity contribution in [3.8, 4) is 0 Å². The van der Waals surface area contributed by atoms with E-state index in [1.54, 1.807) is 0 Å². The normalized spacial score (nSPS) is 8.25. The lowest BCUT2D eigenvalue weighted by Gasteiger charge is -1.94. The summed E-state index contributed by atoms with van der Waals surface area (Å²) in [6.07, 6.45) is 0. The highest BCUT2D eigenvalue weighted by Gasteiger charge is 1.79. The van der Waals surface area contributed by atoms with Gasteiger partial charge in [0, 0.05) is 0 Å². The van der Waals surface area contributed by atoms with Crippen LogP contribution in [0.1, 0.15) is 0 Å². The maximum Gasteiger partial charge on any atom is 0.0698 e. The van der Waals surface area contributed by atoms with E-state index in [0.717, 1.165) is 0 Å². The predicted molar refractivity (Wildman–Crippen MR) is 36.3 cm³/mol. The SMILES string of the molecule is OCCOCCO.[SiH4]. The first-order valence-corrected chi connectivity index (χ1v) is 2.21. The summed E-state index contributed by atoms with van der Waals surface area (Å²) in [7, 11) is 0. The molecule has 4 heteroatoms. The van der Waals surface area contributed by atoms with E-state index in [0.29, 0.717) is 13.2 Å². The molecule has 0 fully saturated rings. The van der Waals surface area contributed by atoms with Gasteiger partial charge in [-0.2, -0.15) is 0 Å². The molecule has 3 nitrogen and oxygen atoms in total. The average molecular weight is 138 g/mol. The Morgan fingerprint density at radius 1 is 1.00 bits per heavy atom. The molecule has 0 aromatic carbocycles. The second-order valence-electron chi connectivity index (χ2n) is 1.06. The second kappa shape index (κ2) is 10.2. The summed E-state index contributed by atoms with van der Waals surface area (Å²) in [5, 5.41) is 16.2. The van der Waals surface area contributed by atoms with Crippen LogP contribution >= 0.6 is 0 Å². The summed E-state index contributed by atoms with van der Waals surface area (Å²) in [4.78, 5) is 0. The van der Waals surface area contributed by atoms with Crippen molar-refractivity contribution >= 4 is 11.0 Å². The lowest BCUT2D eigenvalue weighted by molar-refractivity contribution is 0.0650. The van der Waals surface area contributed by atoms with E-state index in [1.165, 1.54) is 0 Å². The largest absolute Gasteiger partial charge is 0.394 e. The molecule has 0 aliphatic rings. The predicted octanol–water partition coefficient (Wildman–Crippen LogP) is -2.46. The van der Waals surface area contributed by atoms with Gasteiger partial charge in [-0.05, 0) is 11.0 Å². The molecule has 0 heterocycles. The van der Waals surface area contributed by atoms with Crippen LogP contribution in [0, 0.1) is 0 Å². The molecular formula is C4H14O3Si. The Morgan fingerprint density at radius 2 is 1.38 bits per heavy atom. The van der Waals surface area contributed by atoms with E-state index in [4.69, 9.17) is 10.2 Å². The van der Waals surface area contributed by atoms with Crippen molar-refractivity contribution in [3.05, 3.63) is 0 Å². The number of rotatable bonds is 4. The first-order chi connectivity index (χ1) is 3.41. The third kappa shape index (κ3) is 9.44. The molecule has 52 valence electrons. The van der Waals surface area contributed by atoms with Gasteiger partial charge in [-0.25, -0.2) is 0 Å². The average Bonchev–Trinajstić information content (AvgIpc) is 1.69. The fraction of sp³-hybridized carbons (Fsp3) is 1.00. The molecule has 0 aliphatic carbocycles. The Balaban J connectivity index is 0. The van der Waals surface area contributed by atoms with Crippen molar-refractivity contribution in [1.82, 2.24) is 0 Å². The molecule has 0 bridgehead atoms. The molecule has 0 aromatic rings. The van der Waals surface area contributed by atoms with Gasteiger partial charge in [0.2, 0.25) is 0 Å². The number of aliphatic hydroxyl groups is 2. The maximum atomic E-state index is 8.09. The van der Waals surface area contributed by atoms with Gasteiger partial charge in [-0.1, -0.05) is 0 Å². The van der Waals surface area contributed by atoms with Crippen molar-refractivity contribution < 1.29 is 14.9 Å². The van der Waals surface area contributed by atoms with Gasteiger partial charge in [-0.3, -0.25) is 0 Å². The summed E-state index contributed by atoms with van der Waals surface area (Å²) in [6, 6.07) is 0. The quantitative estimate of drug-likeness (QED) is 0.334. The van der Waals surface area contributed by atoms with Crippen LogP contribution < -0.4 is 0 Å². The van der Waals surface area contributed by atoms with Gasteiger partial charge in [-0.15, -0.1) is 0 Å². The molecule has 0 rings (SSSR count). The van der Waals surface area contributed by atoms with Crippen LogP contribution in [0.25, 0.3) is 0 Å². The topological polar surface area (TPSA) is 49.7 Å². The van der Waals surface area contributed by atoms with E-state index in [-0.39, 0.29) is 24.2 Å². The Hall–Kier alpha value is 0.0969. The molecule has 0 saturated carbocycles. The monoisotopic (exact) mass is 138 g/mol. The lowest BCUT2D eigenvalue weighted by atomic mass is 10.7. The first-order valence-electron chi connectivity index (χ1n) is 2.21. The first kappa shape index (κ1) is 11.0. The number of hydrogen-bond acceptors (Lipinski definition) is 3. The van der Waals surface area contributed by atoms with Crippen molar-refractivity contribution in [2.75, 3.05) is 26.4 Å². The van der Waals surface area contributed by atoms with Gasteiger partial charge in [0.1, 0.15) is 0 Å². The summed E-state index contributed by atoms with van der Waals surface area (Å²) >= 11 is 0. The highest BCUT2D eigenvalue weighted by Crippen LogP contribution is 1.68. The van der Waals surface area contributed by atoms with Crippen LogP contribution in [0.5, 0.6) is 0 Å². The fourth-order valence-electron chi connectivity index (χ4n) is 0.231. The molecule has 0 aliphatic heterocycles. The maximum absolute atomic E-state index is 8.09. The summed E-state index contributed by atoms with van der Waals surface area (Å²) in [5.41, 5.74) is 0. The van der Waals surface area contributed by atoms with Gasteiger partial charge in [0.15, 0.2) is 0 Å². The lowest BCUT2D eigenvalue weighted by Crippen LogP contribution is -2.03. The van der Waals surface area contributed by atoms with Gasteiger partial charge < -0.3 is 14.9 Å². The van der Waals surface area contributed by atoms with Crippen LogP contribution in [-0.2, 0) is 4.74 Å². The molecule has 0 atom stereocenters. The number of ether oxygens (including phenoxy) is 1. The molecule has 0 unspecified atom stereocenters. The molecule has 0 saturated heterocycles. The molecule has 0 amide bonds. The van der Waals surface area contributed by atoms with E-state index in [1.807, 2.05) is 0 Å². The van der Waals surface area contributed by atoms with E-state index in [9.17, 15) is 0 Å². The van der Waals surface area contributed by atoms with E-state index < -0.39 is 0 Å².